The highest BCUT2D eigenvalue weighted by molar-refractivity contribution is 7.89. The van der Waals surface area contributed by atoms with Crippen LogP contribution >= 0.6 is 23.2 Å². The van der Waals surface area contributed by atoms with Gasteiger partial charge in [0, 0.05) is 6.54 Å². The van der Waals surface area contributed by atoms with E-state index in [0.717, 1.165) is 11.0 Å². The monoisotopic (exact) mass is 598 g/mol. The molecular formula is C24H28Cl2N6O6S. The molecule has 6 N–H and O–H groups in total. The van der Waals surface area contributed by atoms with Gasteiger partial charge in [-0.05, 0) is 49.9 Å². The molecule has 15 heteroatoms. The minimum Gasteiger partial charge on any atom is -0.478 e. The Morgan fingerprint density at radius 2 is 1.85 bits per heavy atom. The average Bonchev–Trinajstić information content (AvgIpc) is 3.55. The topological polar surface area (TPSA) is 175 Å². The van der Waals surface area contributed by atoms with Crippen molar-refractivity contribution in [3.63, 3.8) is 0 Å². The molecule has 0 aliphatic carbocycles. The van der Waals surface area contributed by atoms with Crippen LogP contribution in [0.25, 0.3) is 11.0 Å². The van der Waals surface area contributed by atoms with Gasteiger partial charge in [-0.3, -0.25) is 4.79 Å². The van der Waals surface area contributed by atoms with Gasteiger partial charge >= 0.3 is 5.97 Å². The van der Waals surface area contributed by atoms with Crippen molar-refractivity contribution in [3.8, 4) is 0 Å². The normalized spacial score (nSPS) is 17.1. The number of sulfonamides is 1. The smallest absolute Gasteiger partial charge is 0.345 e. The maximum Gasteiger partial charge on any atom is 0.345 e. The number of aromatic amines is 1. The number of carbonyl (C=O) groups is 2. The lowest BCUT2D eigenvalue weighted by molar-refractivity contribution is -0.149. The van der Waals surface area contributed by atoms with E-state index in [1.54, 1.807) is 0 Å². The predicted molar refractivity (Wildman–Crippen MR) is 146 cm³/mol. The molecule has 4 rings (SSSR count). The zero-order valence-corrected chi connectivity index (χ0v) is 23.0. The number of unbranched alkanes of at least 4 members (excludes halogenated alkanes) is 2. The highest BCUT2D eigenvalue weighted by Gasteiger charge is 2.45. The molecule has 0 saturated carbocycles. The van der Waals surface area contributed by atoms with Crippen LogP contribution in [0.1, 0.15) is 32.1 Å². The third kappa shape index (κ3) is 6.99. The van der Waals surface area contributed by atoms with Gasteiger partial charge in [0.25, 0.3) is 0 Å². The number of nitrogens with zero attached hydrogens (tertiary/aromatic N) is 1. The fraction of sp³-hybridized carbons (Fsp3) is 0.375. The summed E-state index contributed by atoms with van der Waals surface area (Å²) in [6.45, 7) is 0.786. The molecule has 1 aromatic heterocycles. The van der Waals surface area contributed by atoms with Crippen molar-refractivity contribution in [1.82, 2.24) is 25.5 Å². The summed E-state index contributed by atoms with van der Waals surface area (Å²) in [7, 11) is -4.58. The second-order valence-electron chi connectivity index (χ2n) is 9.00. The van der Waals surface area contributed by atoms with Gasteiger partial charge in [0.2, 0.25) is 27.5 Å². The summed E-state index contributed by atoms with van der Waals surface area (Å²) in [6.07, 6.45) is 1.47. The number of halogens is 2. The van der Waals surface area contributed by atoms with Crippen LogP contribution in [0.15, 0.2) is 47.4 Å². The number of carboxylic acids is 1. The zero-order valence-electron chi connectivity index (χ0n) is 20.7. The number of aliphatic carboxylic acids is 1. The predicted octanol–water partition coefficient (Wildman–Crippen LogP) is 3.01. The van der Waals surface area contributed by atoms with E-state index in [1.807, 2.05) is 24.3 Å². The number of carbonyl (C=O) groups excluding carboxylic acids is 1. The maximum absolute atomic E-state index is 13.3. The molecule has 3 aromatic rings. The van der Waals surface area contributed by atoms with Crippen LogP contribution in [0.2, 0.25) is 10.0 Å². The van der Waals surface area contributed by atoms with E-state index in [1.165, 1.54) is 18.2 Å². The zero-order chi connectivity index (χ0) is 28.0. The number of hydrogen-bond acceptors (Lipinski definition) is 8. The largest absolute Gasteiger partial charge is 0.478 e. The number of H-pyrrole nitrogens is 1. The Kier molecular flexibility index (Phi) is 9.31. The molecule has 210 valence electrons. The first-order valence-electron chi connectivity index (χ1n) is 12.2. The summed E-state index contributed by atoms with van der Waals surface area (Å²) in [5.74, 6) is -1.70. The first-order chi connectivity index (χ1) is 18.6. The third-order valence-corrected chi connectivity index (χ3v) is 8.61. The number of para-hydroxylation sites is 2. The molecule has 39 heavy (non-hydrogen) atoms. The number of amides is 1. The number of hydroxylamine groups is 1. The summed E-state index contributed by atoms with van der Waals surface area (Å²) in [6, 6.07) is 10.9. The van der Waals surface area contributed by atoms with Gasteiger partial charge in [0.15, 0.2) is 0 Å². The van der Waals surface area contributed by atoms with Crippen LogP contribution in [-0.4, -0.2) is 60.2 Å². The summed E-state index contributed by atoms with van der Waals surface area (Å²) in [5, 5.41) is 15.4. The molecule has 0 radical (unpaired) electrons. The number of rotatable bonds is 13. The highest BCUT2D eigenvalue weighted by Crippen LogP contribution is 2.30. The Hall–Kier alpha value is -2.94. The van der Waals surface area contributed by atoms with E-state index >= 15 is 0 Å². The number of nitrogens with one attached hydrogen (secondary N) is 5. The Labute approximate surface area is 234 Å². The molecule has 2 heterocycles. The van der Waals surface area contributed by atoms with Gasteiger partial charge in [0.05, 0.1) is 27.7 Å². The van der Waals surface area contributed by atoms with Crippen molar-refractivity contribution in [3.05, 3.63) is 52.5 Å². The molecule has 0 bridgehead atoms. The molecule has 1 amide bonds. The second-order valence-corrected chi connectivity index (χ2v) is 11.4. The number of carboxylic acid groups (broad SMARTS) is 1. The number of benzene rings is 2. The lowest BCUT2D eigenvalue weighted by Crippen LogP contribution is -2.67. The van der Waals surface area contributed by atoms with Crippen LogP contribution in [-0.2, 0) is 24.4 Å². The standard InChI is InChI=1S/C24H28Cl2N6O6S/c25-15-7-6-8-16(26)20(15)39(36,37)32-24(22(34)35,30-21(33)19-11-14-38-31-19)12-4-1-5-13-27-23-28-17-9-2-3-10-18(17)29-23/h2-3,6-10,19,31-32H,1,4-5,11-14H2,(H,30,33)(H,34,35)(H2,27,28,29). The van der Waals surface area contributed by atoms with Gasteiger partial charge in [-0.25, -0.2) is 18.2 Å². The van der Waals surface area contributed by atoms with Gasteiger partial charge in [-0.15, -0.1) is 0 Å². The van der Waals surface area contributed by atoms with Gasteiger partial charge in [-0.1, -0.05) is 47.8 Å². The molecule has 2 atom stereocenters. The van der Waals surface area contributed by atoms with Crippen LogP contribution < -0.4 is 20.8 Å². The Balaban J connectivity index is 1.45. The van der Waals surface area contributed by atoms with E-state index in [-0.39, 0.29) is 35.9 Å². The van der Waals surface area contributed by atoms with E-state index in [2.05, 4.69) is 30.8 Å². The first-order valence-corrected chi connectivity index (χ1v) is 14.4. The summed E-state index contributed by atoms with van der Waals surface area (Å²) >= 11 is 12.2. The van der Waals surface area contributed by atoms with Crippen LogP contribution in [0.3, 0.4) is 0 Å². The molecular weight excluding hydrogens is 571 g/mol. The van der Waals surface area contributed by atoms with Gasteiger partial charge < -0.3 is 25.6 Å². The van der Waals surface area contributed by atoms with Crippen molar-refractivity contribution >= 4 is 62.1 Å². The maximum atomic E-state index is 13.3. The van der Waals surface area contributed by atoms with Crippen molar-refractivity contribution < 1.29 is 28.0 Å². The number of hydrogen-bond donors (Lipinski definition) is 6. The van der Waals surface area contributed by atoms with Crippen molar-refractivity contribution in [2.24, 2.45) is 0 Å². The fourth-order valence-corrected chi connectivity index (χ4v) is 6.63. The fourth-order valence-electron chi connectivity index (χ4n) is 4.18. The Morgan fingerprint density at radius 3 is 2.51 bits per heavy atom. The lowest BCUT2D eigenvalue weighted by Gasteiger charge is -2.32. The number of imidazole rings is 1. The third-order valence-electron chi connectivity index (χ3n) is 6.16. The van der Waals surface area contributed by atoms with Gasteiger partial charge in [0.1, 0.15) is 10.9 Å². The summed E-state index contributed by atoms with van der Waals surface area (Å²) in [5.41, 5.74) is 1.86. The molecule has 2 aromatic carbocycles. The van der Waals surface area contributed by atoms with E-state index in [9.17, 15) is 23.1 Å². The van der Waals surface area contributed by atoms with Crippen molar-refractivity contribution in [2.45, 2.75) is 48.7 Å². The molecule has 0 spiro atoms. The Morgan fingerprint density at radius 1 is 1.10 bits per heavy atom. The minimum atomic E-state index is -4.58. The van der Waals surface area contributed by atoms with Crippen LogP contribution in [0.4, 0.5) is 5.95 Å². The minimum absolute atomic E-state index is 0.192. The molecule has 1 fully saturated rings. The molecule has 1 saturated heterocycles. The van der Waals surface area contributed by atoms with Crippen LogP contribution in [0, 0.1) is 0 Å². The number of aromatic nitrogens is 2. The average molecular weight is 599 g/mol. The van der Waals surface area contributed by atoms with Gasteiger partial charge in [-0.2, -0.15) is 10.2 Å². The van der Waals surface area contributed by atoms with E-state index < -0.39 is 38.5 Å². The number of anilines is 1. The molecule has 2 unspecified atom stereocenters. The Bertz CT molecular complexity index is 1390. The second kappa shape index (κ2) is 12.5. The lowest BCUT2D eigenvalue weighted by atomic mass is 10.0. The summed E-state index contributed by atoms with van der Waals surface area (Å²) in [4.78, 5) is 37.5. The van der Waals surface area contributed by atoms with Crippen molar-refractivity contribution in [2.75, 3.05) is 18.5 Å². The number of fused-ring (bicyclic) bond motifs is 1. The highest BCUT2D eigenvalue weighted by atomic mass is 35.5. The molecule has 1 aliphatic heterocycles. The van der Waals surface area contributed by atoms with E-state index in [0.29, 0.717) is 25.3 Å². The first kappa shape index (κ1) is 29.1. The summed E-state index contributed by atoms with van der Waals surface area (Å²) < 4.78 is 28.8. The quantitative estimate of drug-likeness (QED) is 0.127. The molecule has 12 nitrogen and oxygen atoms in total. The van der Waals surface area contributed by atoms with Crippen LogP contribution in [0.5, 0.6) is 0 Å². The van der Waals surface area contributed by atoms with Crippen molar-refractivity contribution in [1.29, 1.82) is 0 Å². The SMILES string of the molecule is O=C(NC(CCCCCNc1nc2ccccc2[nH]1)(NS(=O)(=O)c1c(Cl)cccc1Cl)C(=O)O)C1CCON1. The molecule has 1 aliphatic rings. The van der Waals surface area contributed by atoms with E-state index in [4.69, 9.17) is 28.0 Å².